The highest BCUT2D eigenvalue weighted by Gasteiger charge is 2.13. The van der Waals surface area contributed by atoms with Gasteiger partial charge >= 0.3 is 0 Å². The predicted octanol–water partition coefficient (Wildman–Crippen LogP) is 3.10. The van der Waals surface area contributed by atoms with Gasteiger partial charge in [0.2, 0.25) is 0 Å². The lowest BCUT2D eigenvalue weighted by Gasteiger charge is -2.07. The number of aromatic nitrogens is 2. The Kier molecular flexibility index (Phi) is 2.92. The highest BCUT2D eigenvalue weighted by Crippen LogP contribution is 2.29. The summed E-state index contributed by atoms with van der Waals surface area (Å²) in [7, 11) is 1.95. The molecule has 0 radical (unpaired) electrons. The molecule has 0 aliphatic rings. The summed E-state index contributed by atoms with van der Waals surface area (Å²) in [6, 6.07) is 6.14. The number of nitrogen functional groups attached to an aromatic ring is 1. The number of nitrogens with two attached hydrogens (primary N) is 1. The first kappa shape index (κ1) is 11.7. The van der Waals surface area contributed by atoms with Crippen LogP contribution < -0.4 is 5.73 Å². The molecule has 0 fully saturated rings. The Labute approximate surface area is 102 Å². The van der Waals surface area contributed by atoms with E-state index >= 15 is 0 Å². The number of anilines is 1. The minimum Gasteiger partial charge on any atom is -0.399 e. The van der Waals surface area contributed by atoms with Crippen LogP contribution in [0.4, 0.5) is 5.69 Å². The quantitative estimate of drug-likeness (QED) is 0.804. The third-order valence-electron chi connectivity index (χ3n) is 2.81. The average molecular weight is 229 g/mol. The first-order valence-corrected chi connectivity index (χ1v) is 5.88. The van der Waals surface area contributed by atoms with Gasteiger partial charge in [-0.1, -0.05) is 19.9 Å². The van der Waals surface area contributed by atoms with Crippen molar-refractivity contribution in [2.45, 2.75) is 26.7 Å². The van der Waals surface area contributed by atoms with Crippen LogP contribution in [0.25, 0.3) is 11.1 Å². The van der Waals surface area contributed by atoms with Gasteiger partial charge in [-0.15, -0.1) is 0 Å². The molecule has 3 nitrogen and oxygen atoms in total. The zero-order chi connectivity index (χ0) is 12.6. The van der Waals surface area contributed by atoms with Crippen LogP contribution in [0, 0.1) is 6.92 Å². The number of aryl methyl sites for hydroxylation is 2. The molecule has 0 unspecified atom stereocenters. The molecule has 1 aromatic carbocycles. The molecule has 0 amide bonds. The Morgan fingerprint density at radius 2 is 1.94 bits per heavy atom. The Hall–Kier alpha value is -1.77. The monoisotopic (exact) mass is 229 g/mol. The maximum Gasteiger partial charge on any atom is 0.0728 e. The molecular weight excluding hydrogens is 210 g/mol. The minimum atomic E-state index is 0.410. The van der Waals surface area contributed by atoms with Gasteiger partial charge in [-0.3, -0.25) is 4.68 Å². The SMILES string of the molecule is Cc1cc(N)cc(-c2cn(C)nc2C(C)C)c1. The fourth-order valence-corrected chi connectivity index (χ4v) is 2.12. The van der Waals surface area contributed by atoms with Crippen LogP contribution in [-0.2, 0) is 7.05 Å². The summed E-state index contributed by atoms with van der Waals surface area (Å²) < 4.78 is 1.86. The third-order valence-corrected chi connectivity index (χ3v) is 2.81. The van der Waals surface area contributed by atoms with Crippen LogP contribution in [0.2, 0.25) is 0 Å². The van der Waals surface area contributed by atoms with E-state index < -0.39 is 0 Å². The van der Waals surface area contributed by atoms with Crippen LogP contribution in [0.1, 0.15) is 31.0 Å². The predicted molar refractivity (Wildman–Crippen MR) is 71.9 cm³/mol. The van der Waals surface area contributed by atoms with Gasteiger partial charge < -0.3 is 5.73 Å². The minimum absolute atomic E-state index is 0.410. The van der Waals surface area contributed by atoms with E-state index in [2.05, 4.69) is 38.1 Å². The van der Waals surface area contributed by atoms with Gasteiger partial charge in [0.05, 0.1) is 5.69 Å². The Bertz CT molecular complexity index is 518. The number of benzene rings is 1. The van der Waals surface area contributed by atoms with Crippen molar-refractivity contribution in [1.29, 1.82) is 0 Å². The summed E-state index contributed by atoms with van der Waals surface area (Å²) in [6.07, 6.45) is 2.06. The largest absolute Gasteiger partial charge is 0.399 e. The first-order chi connectivity index (χ1) is 7.97. The summed E-state index contributed by atoms with van der Waals surface area (Å²) >= 11 is 0. The molecule has 0 bridgehead atoms. The van der Waals surface area contributed by atoms with Crippen molar-refractivity contribution in [3.63, 3.8) is 0 Å². The van der Waals surface area contributed by atoms with Crippen molar-refractivity contribution >= 4 is 5.69 Å². The molecule has 0 spiro atoms. The van der Waals surface area contributed by atoms with Gasteiger partial charge in [0.1, 0.15) is 0 Å². The molecule has 2 rings (SSSR count). The molecule has 0 aliphatic heterocycles. The smallest absolute Gasteiger partial charge is 0.0728 e. The number of hydrogen-bond donors (Lipinski definition) is 1. The summed E-state index contributed by atoms with van der Waals surface area (Å²) in [6.45, 7) is 6.38. The maximum absolute atomic E-state index is 5.90. The van der Waals surface area contributed by atoms with Crippen molar-refractivity contribution < 1.29 is 0 Å². The van der Waals surface area contributed by atoms with Crippen LogP contribution in [0.5, 0.6) is 0 Å². The zero-order valence-corrected chi connectivity index (χ0v) is 10.9. The van der Waals surface area contributed by atoms with Crippen molar-refractivity contribution in [2.75, 3.05) is 5.73 Å². The van der Waals surface area contributed by atoms with E-state index in [4.69, 9.17) is 5.73 Å². The summed E-state index contributed by atoms with van der Waals surface area (Å²) in [4.78, 5) is 0. The summed E-state index contributed by atoms with van der Waals surface area (Å²) in [5, 5.41) is 4.52. The van der Waals surface area contributed by atoms with Crippen LogP contribution in [-0.4, -0.2) is 9.78 Å². The second-order valence-electron chi connectivity index (χ2n) is 4.89. The van der Waals surface area contributed by atoms with Crippen molar-refractivity contribution in [3.8, 4) is 11.1 Å². The van der Waals surface area contributed by atoms with E-state index in [0.29, 0.717) is 5.92 Å². The Morgan fingerprint density at radius 3 is 2.53 bits per heavy atom. The second kappa shape index (κ2) is 4.24. The van der Waals surface area contributed by atoms with E-state index in [1.165, 1.54) is 11.1 Å². The average Bonchev–Trinajstić information content (AvgIpc) is 2.59. The van der Waals surface area contributed by atoms with Crippen LogP contribution >= 0.6 is 0 Å². The third kappa shape index (κ3) is 2.33. The molecule has 1 aromatic heterocycles. The Morgan fingerprint density at radius 1 is 1.24 bits per heavy atom. The lowest BCUT2D eigenvalue weighted by molar-refractivity contribution is 0.713. The van der Waals surface area contributed by atoms with E-state index in [1.54, 1.807) is 0 Å². The van der Waals surface area contributed by atoms with Gasteiger partial charge in [-0.2, -0.15) is 5.10 Å². The van der Waals surface area contributed by atoms with E-state index in [-0.39, 0.29) is 0 Å². The molecule has 0 saturated heterocycles. The Balaban J connectivity index is 2.59. The number of rotatable bonds is 2. The molecule has 0 saturated carbocycles. The molecule has 17 heavy (non-hydrogen) atoms. The standard InChI is InChI=1S/C14H19N3/c1-9(2)14-13(8-17(4)16-14)11-5-10(3)6-12(15)7-11/h5-9H,15H2,1-4H3. The molecule has 1 heterocycles. The van der Waals surface area contributed by atoms with Gasteiger partial charge in [-0.25, -0.2) is 0 Å². The summed E-state index contributed by atoms with van der Waals surface area (Å²) in [5.41, 5.74) is 11.3. The van der Waals surface area contributed by atoms with Gasteiger partial charge in [0, 0.05) is 24.5 Å². The van der Waals surface area contributed by atoms with Crippen LogP contribution in [0.3, 0.4) is 0 Å². The summed E-state index contributed by atoms with van der Waals surface area (Å²) in [5.74, 6) is 0.410. The normalized spacial score (nSPS) is 11.1. The molecule has 3 heteroatoms. The molecular formula is C14H19N3. The highest BCUT2D eigenvalue weighted by molar-refractivity contribution is 5.70. The highest BCUT2D eigenvalue weighted by atomic mass is 15.3. The molecule has 2 N–H and O–H groups in total. The van der Waals surface area contributed by atoms with Crippen LogP contribution in [0.15, 0.2) is 24.4 Å². The van der Waals surface area contributed by atoms with Gasteiger partial charge in [0.15, 0.2) is 0 Å². The zero-order valence-electron chi connectivity index (χ0n) is 10.9. The lowest BCUT2D eigenvalue weighted by atomic mass is 9.98. The molecule has 2 aromatic rings. The molecule has 0 aliphatic carbocycles. The van der Waals surface area contributed by atoms with Crippen molar-refractivity contribution in [3.05, 3.63) is 35.7 Å². The van der Waals surface area contributed by atoms with Gasteiger partial charge in [0.25, 0.3) is 0 Å². The van der Waals surface area contributed by atoms with Crippen molar-refractivity contribution in [1.82, 2.24) is 9.78 Å². The molecule has 0 atom stereocenters. The molecule has 90 valence electrons. The first-order valence-electron chi connectivity index (χ1n) is 5.88. The van der Waals surface area contributed by atoms with E-state index in [9.17, 15) is 0 Å². The second-order valence-corrected chi connectivity index (χ2v) is 4.89. The fraction of sp³-hybridized carbons (Fsp3) is 0.357. The maximum atomic E-state index is 5.90. The topological polar surface area (TPSA) is 43.8 Å². The van der Waals surface area contributed by atoms with Gasteiger partial charge in [-0.05, 0) is 36.1 Å². The fourth-order valence-electron chi connectivity index (χ4n) is 2.12. The van der Waals surface area contributed by atoms with Crippen molar-refractivity contribution in [2.24, 2.45) is 7.05 Å². The number of nitrogens with zero attached hydrogens (tertiary/aromatic N) is 2. The lowest BCUT2D eigenvalue weighted by Crippen LogP contribution is -1.94. The van der Waals surface area contributed by atoms with E-state index in [1.807, 2.05) is 23.9 Å². The van der Waals surface area contributed by atoms with E-state index in [0.717, 1.165) is 16.9 Å². The number of hydrogen-bond acceptors (Lipinski definition) is 2.